The van der Waals surface area contributed by atoms with Crippen molar-refractivity contribution in [2.24, 2.45) is 0 Å². The normalized spacial score (nSPS) is 18.8. The Hall–Kier alpha value is 0.300. The topological polar surface area (TPSA) is 0 Å². The molecule has 5 heteroatoms. The van der Waals surface area contributed by atoms with Crippen LogP contribution < -0.4 is 0 Å². The SMILES string of the molecule is C=CC(Cl)(Br)C(F)(F)F. The molecular weight excluding hydrogens is 220 g/mol. The second kappa shape index (κ2) is 2.50. The van der Waals surface area contributed by atoms with Crippen LogP contribution in [0, 0.1) is 0 Å². The molecular formula is C4H3BrClF3. The quantitative estimate of drug-likeness (QED) is 0.473. The van der Waals surface area contributed by atoms with Crippen molar-refractivity contribution in [2.45, 2.75) is 9.96 Å². The fourth-order valence-electron chi connectivity index (χ4n) is 0.116. The van der Waals surface area contributed by atoms with Crippen LogP contribution in [0.4, 0.5) is 13.2 Å². The van der Waals surface area contributed by atoms with Gasteiger partial charge >= 0.3 is 6.18 Å². The highest BCUT2D eigenvalue weighted by molar-refractivity contribution is 9.10. The minimum absolute atomic E-state index is 0.578. The Bertz CT molecular complexity index is 117. The van der Waals surface area contributed by atoms with E-state index in [4.69, 9.17) is 11.6 Å². The second-order valence-electron chi connectivity index (χ2n) is 1.32. The summed E-state index contributed by atoms with van der Waals surface area (Å²) in [5.41, 5.74) is 0. The van der Waals surface area contributed by atoms with Crippen LogP contribution in [-0.2, 0) is 0 Å². The first-order valence-corrected chi connectivity index (χ1v) is 3.06. The standard InChI is InChI=1S/C4H3BrClF3/c1-2-3(5,6)4(7,8)9/h2H,1H2. The summed E-state index contributed by atoms with van der Waals surface area (Å²) in [6.45, 7) is 2.90. The fraction of sp³-hybridized carbons (Fsp3) is 0.500. The van der Waals surface area contributed by atoms with E-state index in [9.17, 15) is 13.2 Å². The van der Waals surface area contributed by atoms with E-state index in [-0.39, 0.29) is 0 Å². The Morgan fingerprint density at radius 1 is 1.44 bits per heavy atom. The molecule has 0 aliphatic carbocycles. The maximum absolute atomic E-state index is 11.6. The Kier molecular flexibility index (Phi) is 2.58. The van der Waals surface area contributed by atoms with Gasteiger partial charge in [-0.3, -0.25) is 0 Å². The Morgan fingerprint density at radius 2 is 1.78 bits per heavy atom. The predicted octanol–water partition coefficient (Wildman–Crippen LogP) is 3.06. The average Bonchev–Trinajstić information content (AvgIpc) is 1.64. The summed E-state index contributed by atoms with van der Waals surface area (Å²) in [5, 5.41) is 0. The first-order chi connectivity index (χ1) is 3.81. The van der Waals surface area contributed by atoms with Gasteiger partial charge in [0.25, 0.3) is 0 Å². The average molecular weight is 223 g/mol. The Morgan fingerprint density at radius 3 is 1.78 bits per heavy atom. The highest BCUT2D eigenvalue weighted by Gasteiger charge is 2.49. The molecule has 0 aliphatic rings. The van der Waals surface area contributed by atoms with Crippen LogP contribution in [0.25, 0.3) is 0 Å². The van der Waals surface area contributed by atoms with Crippen LogP contribution in [0.1, 0.15) is 0 Å². The van der Waals surface area contributed by atoms with Gasteiger partial charge in [0.15, 0.2) is 0 Å². The van der Waals surface area contributed by atoms with Gasteiger partial charge in [0, 0.05) is 0 Å². The number of rotatable bonds is 1. The molecule has 0 saturated heterocycles. The van der Waals surface area contributed by atoms with E-state index >= 15 is 0 Å². The van der Waals surface area contributed by atoms with Crippen LogP contribution in [0.15, 0.2) is 12.7 Å². The number of hydrogen-bond acceptors (Lipinski definition) is 0. The van der Waals surface area contributed by atoms with Crippen molar-refractivity contribution in [1.82, 2.24) is 0 Å². The first-order valence-electron chi connectivity index (χ1n) is 1.89. The molecule has 0 amide bonds. The maximum Gasteiger partial charge on any atom is 0.421 e. The van der Waals surface area contributed by atoms with Crippen LogP contribution in [0.3, 0.4) is 0 Å². The minimum Gasteiger partial charge on any atom is -0.168 e. The molecule has 0 N–H and O–H groups in total. The summed E-state index contributed by atoms with van der Waals surface area (Å²) in [6.07, 6.45) is -3.91. The molecule has 0 nitrogen and oxygen atoms in total. The summed E-state index contributed by atoms with van der Waals surface area (Å²) in [7, 11) is 0. The van der Waals surface area contributed by atoms with Crippen molar-refractivity contribution in [3.05, 3.63) is 12.7 Å². The van der Waals surface area contributed by atoms with E-state index < -0.39 is 9.96 Å². The van der Waals surface area contributed by atoms with E-state index in [1.54, 1.807) is 0 Å². The molecule has 0 aliphatic heterocycles. The van der Waals surface area contributed by atoms with Crippen LogP contribution in [-0.4, -0.2) is 9.96 Å². The third-order valence-corrected chi connectivity index (χ3v) is 1.78. The molecule has 0 bridgehead atoms. The molecule has 0 saturated carbocycles. The molecule has 1 atom stereocenters. The van der Waals surface area contributed by atoms with Gasteiger partial charge in [-0.2, -0.15) is 13.2 Å². The van der Waals surface area contributed by atoms with Crippen molar-refractivity contribution in [2.75, 3.05) is 0 Å². The number of hydrogen-bond donors (Lipinski definition) is 0. The molecule has 0 spiro atoms. The van der Waals surface area contributed by atoms with E-state index in [1.807, 2.05) is 0 Å². The van der Waals surface area contributed by atoms with E-state index in [1.165, 1.54) is 0 Å². The lowest BCUT2D eigenvalue weighted by molar-refractivity contribution is -0.127. The van der Waals surface area contributed by atoms with Gasteiger partial charge in [-0.15, -0.1) is 6.58 Å². The maximum atomic E-state index is 11.6. The molecule has 9 heavy (non-hydrogen) atoms. The molecule has 0 aromatic heterocycles. The van der Waals surface area contributed by atoms with E-state index in [0.717, 1.165) is 0 Å². The summed E-state index contributed by atoms with van der Waals surface area (Å²) in [4.78, 5) is 0. The number of halogens is 5. The summed E-state index contributed by atoms with van der Waals surface area (Å²) >= 11 is 7.09. The molecule has 0 heterocycles. The lowest BCUT2D eigenvalue weighted by atomic mass is 10.4. The molecule has 0 aromatic rings. The molecule has 1 unspecified atom stereocenters. The molecule has 0 aromatic carbocycles. The van der Waals surface area contributed by atoms with Gasteiger partial charge in [-0.25, -0.2) is 0 Å². The van der Waals surface area contributed by atoms with Crippen molar-refractivity contribution < 1.29 is 13.2 Å². The summed E-state index contributed by atoms with van der Waals surface area (Å²) < 4.78 is 32.3. The monoisotopic (exact) mass is 222 g/mol. The van der Waals surface area contributed by atoms with Crippen LogP contribution in [0.2, 0.25) is 0 Å². The highest BCUT2D eigenvalue weighted by atomic mass is 79.9. The lowest BCUT2D eigenvalue weighted by Crippen LogP contribution is -2.30. The van der Waals surface area contributed by atoms with E-state index in [0.29, 0.717) is 6.08 Å². The van der Waals surface area contributed by atoms with Gasteiger partial charge in [0.05, 0.1) is 0 Å². The van der Waals surface area contributed by atoms with Gasteiger partial charge in [-0.05, 0) is 0 Å². The van der Waals surface area contributed by atoms with Gasteiger partial charge in [0.1, 0.15) is 0 Å². The minimum atomic E-state index is -4.49. The van der Waals surface area contributed by atoms with Crippen molar-refractivity contribution in [3.63, 3.8) is 0 Å². The largest absolute Gasteiger partial charge is 0.421 e. The van der Waals surface area contributed by atoms with Gasteiger partial charge < -0.3 is 0 Å². The Labute approximate surface area is 63.8 Å². The van der Waals surface area contributed by atoms with Crippen molar-refractivity contribution in [3.8, 4) is 0 Å². The zero-order valence-electron chi connectivity index (χ0n) is 4.17. The van der Waals surface area contributed by atoms with Crippen LogP contribution in [0.5, 0.6) is 0 Å². The molecule has 0 radical (unpaired) electrons. The number of allylic oxidation sites excluding steroid dienone is 1. The predicted molar refractivity (Wildman–Crippen MR) is 33.8 cm³/mol. The second-order valence-corrected chi connectivity index (χ2v) is 3.63. The lowest BCUT2D eigenvalue weighted by Gasteiger charge is -2.17. The highest BCUT2D eigenvalue weighted by Crippen LogP contribution is 2.41. The van der Waals surface area contributed by atoms with Crippen LogP contribution >= 0.6 is 27.5 Å². The fourth-order valence-corrected chi connectivity index (χ4v) is 0.116. The smallest absolute Gasteiger partial charge is 0.168 e. The van der Waals surface area contributed by atoms with Crippen molar-refractivity contribution >= 4 is 27.5 Å². The zero-order chi connectivity index (χ0) is 7.71. The summed E-state index contributed by atoms with van der Waals surface area (Å²) in [5.74, 6) is 0. The summed E-state index contributed by atoms with van der Waals surface area (Å²) in [6, 6.07) is 0. The first kappa shape index (κ1) is 9.30. The van der Waals surface area contributed by atoms with Crippen molar-refractivity contribution in [1.29, 1.82) is 0 Å². The Balaban J connectivity index is 4.32. The van der Waals surface area contributed by atoms with E-state index in [2.05, 4.69) is 22.5 Å². The third kappa shape index (κ3) is 2.18. The third-order valence-electron chi connectivity index (χ3n) is 0.634. The molecule has 54 valence electrons. The molecule has 0 rings (SSSR count). The molecule has 0 fully saturated rings. The van der Waals surface area contributed by atoms with Gasteiger partial charge in [0.2, 0.25) is 3.78 Å². The number of alkyl halides is 5. The van der Waals surface area contributed by atoms with Gasteiger partial charge in [-0.1, -0.05) is 33.6 Å². The zero-order valence-corrected chi connectivity index (χ0v) is 6.52.